The van der Waals surface area contributed by atoms with E-state index in [-0.39, 0.29) is 27.4 Å². The van der Waals surface area contributed by atoms with Gasteiger partial charge in [-0.15, -0.1) is 0 Å². The van der Waals surface area contributed by atoms with Crippen molar-refractivity contribution < 1.29 is 42.1 Å². The van der Waals surface area contributed by atoms with Gasteiger partial charge in [-0.1, -0.05) is 29.8 Å². The van der Waals surface area contributed by atoms with Gasteiger partial charge in [0.2, 0.25) is 0 Å². The van der Waals surface area contributed by atoms with Gasteiger partial charge in [-0.2, -0.15) is 10.4 Å². The van der Waals surface area contributed by atoms with Crippen LogP contribution in [0.1, 0.15) is 30.3 Å². The molecule has 0 amide bonds. The van der Waals surface area contributed by atoms with Crippen LogP contribution in [0.3, 0.4) is 0 Å². The molecule has 204 valence electrons. The van der Waals surface area contributed by atoms with Crippen molar-refractivity contribution in [2.75, 3.05) is 16.6 Å². The maximum atomic E-state index is 14.3. The van der Waals surface area contributed by atoms with Crippen molar-refractivity contribution >= 4 is 45.8 Å². The zero-order valence-electron chi connectivity index (χ0n) is 19.5. The van der Waals surface area contributed by atoms with E-state index >= 15 is 0 Å². The summed E-state index contributed by atoms with van der Waals surface area (Å²) >= 11 is 6.25. The highest BCUT2D eigenvalue weighted by Crippen LogP contribution is 2.39. The molecule has 13 nitrogen and oxygen atoms in total. The molecule has 0 saturated carbocycles. The number of anilines is 1. The topological polar surface area (TPSA) is 208 Å². The van der Waals surface area contributed by atoms with Gasteiger partial charge in [-0.05, 0) is 13.0 Å². The number of hydrogen-bond donors (Lipinski definition) is 5. The number of fused-ring (bicyclic) bond motifs is 1. The molecule has 38 heavy (non-hydrogen) atoms. The highest BCUT2D eigenvalue weighted by Gasteiger charge is 2.47. The van der Waals surface area contributed by atoms with Crippen LogP contribution in [0.2, 0.25) is 5.15 Å². The van der Waals surface area contributed by atoms with Crippen LogP contribution in [0.4, 0.5) is 10.1 Å². The Morgan fingerprint density at radius 3 is 2.63 bits per heavy atom. The molecule has 17 heteroatoms. The second-order valence-electron chi connectivity index (χ2n) is 8.73. The number of aliphatic hydroxyl groups excluding tert-OH is 2. The predicted molar refractivity (Wildman–Crippen MR) is 132 cm³/mol. The largest absolute Gasteiger partial charge is 0.387 e. The molecule has 5 atom stereocenters. The molecule has 0 spiro atoms. The van der Waals surface area contributed by atoms with E-state index in [4.69, 9.17) is 26.1 Å². The van der Waals surface area contributed by atoms with E-state index < -0.39 is 65.1 Å². The molecule has 3 heterocycles. The molecule has 0 bridgehead atoms. The summed E-state index contributed by atoms with van der Waals surface area (Å²) in [6.07, 6.45) is -5.20. The van der Waals surface area contributed by atoms with E-state index in [1.54, 1.807) is 19.1 Å². The van der Waals surface area contributed by atoms with Crippen LogP contribution in [0.15, 0.2) is 30.5 Å². The number of nitriles is 1. The third-order valence-electron chi connectivity index (χ3n) is 5.90. The second kappa shape index (κ2) is 10.5. The maximum absolute atomic E-state index is 14.3. The van der Waals surface area contributed by atoms with Crippen LogP contribution in [0.25, 0.3) is 11.0 Å². The summed E-state index contributed by atoms with van der Waals surface area (Å²) in [6.45, 7) is 1.66. The molecule has 1 fully saturated rings. The molecule has 0 aliphatic carbocycles. The van der Waals surface area contributed by atoms with Crippen molar-refractivity contribution in [2.45, 2.75) is 37.5 Å². The third-order valence-corrected chi connectivity index (χ3v) is 9.93. The standard InChI is InChI=1S/C21H22ClFN5O8PS/c1-10(11-4-2-3-5-14(11)23)26-16-12(6-24)19(22)27-20-13(16)7-25-28(20)21-18(30)17(29)15(36-21)8-38(34,35)9-37(31,32)33/h2-5,7,10,15,17-18,21,29-30H,8-9H2,1H3,(H,26,27)(H2,31,32,33)/t10-,15+,17+,18+,21+/m0/s1. The van der Waals surface area contributed by atoms with Crippen LogP contribution in [-0.2, 0) is 19.1 Å². The van der Waals surface area contributed by atoms with Gasteiger partial charge in [0.1, 0.15) is 35.8 Å². The molecule has 5 N–H and O–H groups in total. The van der Waals surface area contributed by atoms with Crippen molar-refractivity contribution in [1.82, 2.24) is 14.8 Å². The van der Waals surface area contributed by atoms with E-state index in [1.165, 1.54) is 18.3 Å². The SMILES string of the molecule is C[C@H](Nc1c(C#N)c(Cl)nc2c1cnn2[C@@H]1O[C@H](CS(=O)(=O)CP(=O)(O)O)[C@@H](O)[C@H]1O)c1ccccc1F. The Hall–Kier alpha value is -2.67. The van der Waals surface area contributed by atoms with E-state index in [1.807, 2.05) is 6.07 Å². The Kier molecular flexibility index (Phi) is 7.81. The molecule has 0 radical (unpaired) electrons. The predicted octanol–water partition coefficient (Wildman–Crippen LogP) is 1.44. The van der Waals surface area contributed by atoms with E-state index in [9.17, 15) is 32.8 Å². The fourth-order valence-electron chi connectivity index (χ4n) is 4.22. The lowest BCUT2D eigenvalue weighted by molar-refractivity contribution is -0.0364. The first-order chi connectivity index (χ1) is 17.7. The third kappa shape index (κ3) is 5.68. The monoisotopic (exact) mass is 589 g/mol. The first-order valence-electron chi connectivity index (χ1n) is 11.0. The number of sulfone groups is 1. The average molecular weight is 590 g/mol. The second-order valence-corrected chi connectivity index (χ2v) is 13.3. The van der Waals surface area contributed by atoms with Crippen molar-refractivity contribution in [3.05, 3.63) is 52.6 Å². The summed E-state index contributed by atoms with van der Waals surface area (Å²) in [4.78, 5) is 22.2. The number of halogens is 2. The Bertz CT molecular complexity index is 1580. The van der Waals surface area contributed by atoms with Crippen molar-refractivity contribution in [1.29, 1.82) is 5.26 Å². The quantitative estimate of drug-likeness (QED) is 0.187. The summed E-state index contributed by atoms with van der Waals surface area (Å²) < 4.78 is 56.4. The Morgan fingerprint density at radius 1 is 1.32 bits per heavy atom. The van der Waals surface area contributed by atoms with E-state index in [2.05, 4.69) is 15.4 Å². The van der Waals surface area contributed by atoms with Crippen LogP contribution in [0.5, 0.6) is 0 Å². The number of nitrogens with zero attached hydrogens (tertiary/aromatic N) is 4. The first kappa shape index (κ1) is 28.3. The maximum Gasteiger partial charge on any atom is 0.340 e. The lowest BCUT2D eigenvalue weighted by Gasteiger charge is -2.19. The van der Waals surface area contributed by atoms with Crippen molar-refractivity contribution in [3.63, 3.8) is 0 Å². The molecule has 4 rings (SSSR count). The fraction of sp³-hybridized carbons (Fsp3) is 0.381. The van der Waals surface area contributed by atoms with E-state index in [0.29, 0.717) is 5.56 Å². The van der Waals surface area contributed by atoms with Gasteiger partial charge in [0, 0.05) is 5.56 Å². The minimum atomic E-state index is -4.92. The summed E-state index contributed by atoms with van der Waals surface area (Å²) in [5, 5.41) is 37.9. The lowest BCUT2D eigenvalue weighted by Crippen LogP contribution is -2.36. The number of rotatable bonds is 8. The zero-order chi connectivity index (χ0) is 28.0. The fourth-order valence-corrected chi connectivity index (χ4v) is 7.68. The Morgan fingerprint density at radius 2 is 2.00 bits per heavy atom. The average Bonchev–Trinajstić information content (AvgIpc) is 3.33. The smallest absolute Gasteiger partial charge is 0.340 e. The number of nitrogens with one attached hydrogen (secondary N) is 1. The number of aliphatic hydroxyl groups is 2. The van der Waals surface area contributed by atoms with Crippen molar-refractivity contribution in [3.8, 4) is 6.07 Å². The first-order valence-corrected chi connectivity index (χ1v) is 15.0. The Labute approximate surface area is 220 Å². The highest BCUT2D eigenvalue weighted by molar-refractivity contribution is 7.97. The number of pyridine rings is 1. The van der Waals surface area contributed by atoms with Crippen LogP contribution in [0, 0.1) is 17.1 Å². The van der Waals surface area contributed by atoms with Crippen LogP contribution < -0.4 is 5.32 Å². The normalized spacial score (nSPS) is 22.9. The van der Waals surface area contributed by atoms with Gasteiger partial charge in [0.05, 0.1) is 29.1 Å². The van der Waals surface area contributed by atoms with Crippen LogP contribution in [-0.4, -0.2) is 72.7 Å². The van der Waals surface area contributed by atoms with Gasteiger partial charge in [0.25, 0.3) is 0 Å². The summed E-state index contributed by atoms with van der Waals surface area (Å²) in [5.41, 5.74) is -1.05. The lowest BCUT2D eigenvalue weighted by atomic mass is 10.1. The van der Waals surface area contributed by atoms with Gasteiger partial charge in [-0.3, -0.25) is 4.57 Å². The number of aromatic nitrogens is 3. The number of benzene rings is 1. The number of ether oxygens (including phenoxy) is 1. The summed E-state index contributed by atoms with van der Waals surface area (Å²) in [7, 11) is -9.30. The van der Waals surface area contributed by atoms with E-state index in [0.717, 1.165) is 4.68 Å². The molecule has 1 aliphatic heterocycles. The van der Waals surface area contributed by atoms with Gasteiger partial charge < -0.3 is 30.1 Å². The molecular formula is C21H22ClFN5O8PS. The molecule has 0 unspecified atom stereocenters. The number of hydrogen-bond acceptors (Lipinski definition) is 10. The van der Waals surface area contributed by atoms with Crippen molar-refractivity contribution in [2.24, 2.45) is 0 Å². The Balaban J connectivity index is 1.70. The zero-order valence-corrected chi connectivity index (χ0v) is 22.0. The molecule has 2 aromatic heterocycles. The molecule has 3 aromatic rings. The molecule has 1 saturated heterocycles. The molecule has 1 aromatic carbocycles. The minimum absolute atomic E-state index is 0.00721. The highest BCUT2D eigenvalue weighted by atomic mass is 35.5. The van der Waals surface area contributed by atoms with Gasteiger partial charge >= 0.3 is 7.60 Å². The molecular weight excluding hydrogens is 568 g/mol. The summed E-state index contributed by atoms with van der Waals surface area (Å²) in [6, 6.07) is 7.33. The minimum Gasteiger partial charge on any atom is -0.387 e. The van der Waals surface area contributed by atoms with Crippen LogP contribution >= 0.6 is 19.2 Å². The van der Waals surface area contributed by atoms with Gasteiger partial charge in [-0.25, -0.2) is 22.5 Å². The summed E-state index contributed by atoms with van der Waals surface area (Å²) in [5.74, 6) is -1.46. The molecule has 1 aliphatic rings. The van der Waals surface area contributed by atoms with Gasteiger partial charge in [0.15, 0.2) is 32.4 Å².